The number of hydrogen-bond donors (Lipinski definition) is 1. The molecule has 1 aliphatic heterocycles. The van der Waals surface area contributed by atoms with Crippen molar-refractivity contribution < 1.29 is 4.79 Å². The van der Waals surface area contributed by atoms with Crippen LogP contribution in [0.5, 0.6) is 0 Å². The molecule has 0 unspecified atom stereocenters. The largest absolute Gasteiger partial charge is 0.398 e. The Bertz CT molecular complexity index is 646. The second kappa shape index (κ2) is 7.42. The monoisotopic (exact) mass is 308 g/mol. The van der Waals surface area contributed by atoms with Crippen molar-refractivity contribution in [1.29, 1.82) is 0 Å². The van der Waals surface area contributed by atoms with Crippen molar-refractivity contribution in [2.45, 2.75) is 19.3 Å². The summed E-state index contributed by atoms with van der Waals surface area (Å²) in [5.74, 6) is 0.857. The molecular weight excluding hydrogens is 284 g/mol. The fraction of sp³-hybridized carbons (Fsp3) is 0.350. The summed E-state index contributed by atoms with van der Waals surface area (Å²) in [6, 6.07) is 18.0. The number of nitrogen functional groups attached to an aromatic ring is 1. The van der Waals surface area contributed by atoms with Gasteiger partial charge in [0.2, 0.25) is 0 Å². The van der Waals surface area contributed by atoms with Crippen molar-refractivity contribution >= 4 is 11.5 Å². The van der Waals surface area contributed by atoms with E-state index in [4.69, 9.17) is 5.73 Å². The summed E-state index contributed by atoms with van der Waals surface area (Å²) in [6.45, 7) is 2.47. The first-order valence-corrected chi connectivity index (χ1v) is 8.36. The van der Waals surface area contributed by atoms with E-state index in [1.54, 1.807) is 6.07 Å². The molecule has 0 aliphatic carbocycles. The standard InChI is InChI=1S/C20H24N2O/c21-19-9-5-4-8-18(19)20(23)15-22-12-10-17(11-13-22)14-16-6-2-1-3-7-16/h1-9,17H,10-15,21H2. The second-order valence-electron chi connectivity index (χ2n) is 6.42. The van der Waals surface area contributed by atoms with Gasteiger partial charge in [0.05, 0.1) is 6.54 Å². The van der Waals surface area contributed by atoms with Crippen LogP contribution in [0.3, 0.4) is 0 Å². The predicted octanol–water partition coefficient (Wildman–Crippen LogP) is 3.41. The van der Waals surface area contributed by atoms with Crippen LogP contribution in [0.25, 0.3) is 0 Å². The van der Waals surface area contributed by atoms with Gasteiger partial charge in [-0.1, -0.05) is 42.5 Å². The molecule has 0 atom stereocenters. The van der Waals surface area contributed by atoms with Gasteiger partial charge >= 0.3 is 0 Å². The van der Waals surface area contributed by atoms with Gasteiger partial charge in [0, 0.05) is 11.3 Å². The highest BCUT2D eigenvalue weighted by Crippen LogP contribution is 2.22. The summed E-state index contributed by atoms with van der Waals surface area (Å²) in [7, 11) is 0. The van der Waals surface area contributed by atoms with Gasteiger partial charge in [-0.2, -0.15) is 0 Å². The fourth-order valence-corrected chi connectivity index (χ4v) is 3.34. The zero-order valence-electron chi connectivity index (χ0n) is 13.4. The molecule has 120 valence electrons. The number of benzene rings is 2. The Kier molecular flexibility index (Phi) is 5.09. The molecule has 2 aromatic rings. The maximum atomic E-state index is 12.4. The SMILES string of the molecule is Nc1ccccc1C(=O)CN1CCC(Cc2ccccc2)CC1. The number of para-hydroxylation sites is 1. The molecule has 3 rings (SSSR count). The van der Waals surface area contributed by atoms with E-state index in [0.717, 1.165) is 38.3 Å². The molecule has 0 aromatic heterocycles. The Morgan fingerprint density at radius 1 is 1.00 bits per heavy atom. The summed E-state index contributed by atoms with van der Waals surface area (Å²) < 4.78 is 0. The van der Waals surface area contributed by atoms with Crippen molar-refractivity contribution in [3.63, 3.8) is 0 Å². The molecule has 0 saturated carbocycles. The number of ketones is 1. The zero-order valence-corrected chi connectivity index (χ0v) is 13.4. The van der Waals surface area contributed by atoms with Crippen molar-refractivity contribution in [2.24, 2.45) is 5.92 Å². The van der Waals surface area contributed by atoms with E-state index in [-0.39, 0.29) is 5.78 Å². The van der Waals surface area contributed by atoms with Gasteiger partial charge in [0.15, 0.2) is 5.78 Å². The van der Waals surface area contributed by atoms with E-state index in [0.29, 0.717) is 17.8 Å². The summed E-state index contributed by atoms with van der Waals surface area (Å²) >= 11 is 0. The van der Waals surface area contributed by atoms with Crippen molar-refractivity contribution in [2.75, 3.05) is 25.4 Å². The second-order valence-corrected chi connectivity index (χ2v) is 6.42. The normalized spacial score (nSPS) is 16.3. The van der Waals surface area contributed by atoms with Gasteiger partial charge in [-0.05, 0) is 56.0 Å². The van der Waals surface area contributed by atoms with Crippen LogP contribution < -0.4 is 5.73 Å². The number of nitrogens with two attached hydrogens (primary N) is 1. The van der Waals surface area contributed by atoms with Crippen LogP contribution in [0, 0.1) is 5.92 Å². The minimum Gasteiger partial charge on any atom is -0.398 e. The molecule has 1 fully saturated rings. The van der Waals surface area contributed by atoms with E-state index in [2.05, 4.69) is 35.2 Å². The molecule has 3 nitrogen and oxygen atoms in total. The third-order valence-corrected chi connectivity index (χ3v) is 4.70. The summed E-state index contributed by atoms with van der Waals surface area (Å²) in [6.07, 6.45) is 3.47. The topological polar surface area (TPSA) is 46.3 Å². The highest BCUT2D eigenvalue weighted by Gasteiger charge is 2.22. The molecule has 0 bridgehead atoms. The van der Waals surface area contributed by atoms with Gasteiger partial charge in [-0.3, -0.25) is 9.69 Å². The van der Waals surface area contributed by atoms with Crippen LogP contribution in [-0.2, 0) is 6.42 Å². The first-order chi connectivity index (χ1) is 11.2. The van der Waals surface area contributed by atoms with Crippen LogP contribution in [0.1, 0.15) is 28.8 Å². The van der Waals surface area contributed by atoms with Crippen LogP contribution >= 0.6 is 0 Å². The quantitative estimate of drug-likeness (QED) is 0.680. The molecule has 1 heterocycles. The van der Waals surface area contributed by atoms with Crippen LogP contribution in [0.4, 0.5) is 5.69 Å². The van der Waals surface area contributed by atoms with Crippen molar-refractivity contribution in [3.05, 3.63) is 65.7 Å². The predicted molar refractivity (Wildman–Crippen MR) is 94.5 cm³/mol. The zero-order chi connectivity index (χ0) is 16.1. The molecule has 1 saturated heterocycles. The van der Waals surface area contributed by atoms with Gasteiger partial charge in [0.25, 0.3) is 0 Å². The van der Waals surface area contributed by atoms with Gasteiger partial charge < -0.3 is 5.73 Å². The molecule has 1 aliphatic rings. The van der Waals surface area contributed by atoms with Gasteiger partial charge in [-0.15, -0.1) is 0 Å². The summed E-state index contributed by atoms with van der Waals surface area (Å²) in [5.41, 5.74) is 8.54. The molecule has 0 amide bonds. The molecule has 2 N–H and O–H groups in total. The Balaban J connectivity index is 1.49. The number of carbonyl (C=O) groups is 1. The number of anilines is 1. The smallest absolute Gasteiger partial charge is 0.178 e. The first-order valence-electron chi connectivity index (χ1n) is 8.36. The van der Waals surface area contributed by atoms with E-state index in [1.165, 1.54) is 5.56 Å². The van der Waals surface area contributed by atoms with Gasteiger partial charge in [-0.25, -0.2) is 0 Å². The number of Topliss-reactive ketones (excluding diaryl/α,β-unsaturated/α-hetero) is 1. The fourth-order valence-electron chi connectivity index (χ4n) is 3.34. The number of likely N-dealkylation sites (tertiary alicyclic amines) is 1. The maximum absolute atomic E-state index is 12.4. The Hall–Kier alpha value is -2.13. The van der Waals surface area contributed by atoms with Crippen LogP contribution in [-0.4, -0.2) is 30.3 Å². The van der Waals surface area contributed by atoms with E-state index in [1.807, 2.05) is 18.2 Å². The highest BCUT2D eigenvalue weighted by atomic mass is 16.1. The molecule has 2 aromatic carbocycles. The number of rotatable bonds is 5. The number of hydrogen-bond acceptors (Lipinski definition) is 3. The third kappa shape index (κ3) is 4.20. The number of nitrogens with zero attached hydrogens (tertiary/aromatic N) is 1. The molecule has 0 spiro atoms. The van der Waals surface area contributed by atoms with Crippen LogP contribution in [0.2, 0.25) is 0 Å². The Labute approximate surface area is 138 Å². The van der Waals surface area contributed by atoms with E-state index in [9.17, 15) is 4.79 Å². The third-order valence-electron chi connectivity index (χ3n) is 4.70. The van der Waals surface area contributed by atoms with Crippen molar-refractivity contribution in [3.8, 4) is 0 Å². The molecule has 23 heavy (non-hydrogen) atoms. The summed E-state index contributed by atoms with van der Waals surface area (Å²) in [5, 5.41) is 0. The Morgan fingerprint density at radius 2 is 1.65 bits per heavy atom. The lowest BCUT2D eigenvalue weighted by Crippen LogP contribution is -2.38. The average Bonchev–Trinajstić information content (AvgIpc) is 2.58. The lowest BCUT2D eigenvalue weighted by Gasteiger charge is -2.31. The first kappa shape index (κ1) is 15.8. The highest BCUT2D eigenvalue weighted by molar-refractivity contribution is 6.02. The molecule has 3 heteroatoms. The van der Waals surface area contributed by atoms with E-state index < -0.39 is 0 Å². The average molecular weight is 308 g/mol. The molecular formula is C20H24N2O. The van der Waals surface area contributed by atoms with Crippen LogP contribution in [0.15, 0.2) is 54.6 Å². The maximum Gasteiger partial charge on any atom is 0.178 e. The lowest BCUT2D eigenvalue weighted by atomic mass is 9.90. The number of carbonyl (C=O) groups excluding carboxylic acids is 1. The molecule has 0 radical (unpaired) electrons. The summed E-state index contributed by atoms with van der Waals surface area (Å²) in [4.78, 5) is 14.6. The van der Waals surface area contributed by atoms with E-state index >= 15 is 0 Å². The van der Waals surface area contributed by atoms with Crippen molar-refractivity contribution in [1.82, 2.24) is 4.90 Å². The lowest BCUT2D eigenvalue weighted by molar-refractivity contribution is 0.0896. The minimum absolute atomic E-state index is 0.129. The number of piperidine rings is 1. The Morgan fingerprint density at radius 3 is 2.35 bits per heavy atom. The van der Waals surface area contributed by atoms with Gasteiger partial charge in [0.1, 0.15) is 0 Å². The minimum atomic E-state index is 0.129.